The fourth-order valence-electron chi connectivity index (χ4n) is 0.445. The van der Waals surface area contributed by atoms with Gasteiger partial charge >= 0.3 is 14.6 Å². The topological polar surface area (TPSA) is 63.3 Å². The van der Waals surface area contributed by atoms with Crippen LogP contribution in [0.15, 0.2) is 24.8 Å². The molecule has 0 aliphatic carbocycles. The molecule has 1 aromatic heterocycles. The van der Waals surface area contributed by atoms with Crippen LogP contribution in [-0.2, 0) is 4.57 Å². The van der Waals surface area contributed by atoms with Crippen LogP contribution in [0.2, 0.25) is 0 Å². The van der Waals surface area contributed by atoms with Crippen molar-refractivity contribution in [3.05, 3.63) is 24.8 Å². The van der Waals surface area contributed by atoms with Crippen molar-refractivity contribution in [1.29, 1.82) is 0 Å². The van der Waals surface area contributed by atoms with Gasteiger partial charge < -0.3 is 0 Å². The molecule has 0 fully saturated rings. The number of hydrogen-bond donors (Lipinski definition) is 1. The minimum Gasteiger partial charge on any atom is -0.123 e. The first-order chi connectivity index (χ1) is 4.79. The van der Waals surface area contributed by atoms with Crippen LogP contribution in [0.4, 0.5) is 0 Å². The predicted molar refractivity (Wildman–Crippen MR) is 30.8 cm³/mol. The van der Waals surface area contributed by atoms with E-state index in [0.717, 1.165) is 4.73 Å². The summed E-state index contributed by atoms with van der Waals surface area (Å²) in [6, 6.07) is 1.58. The second-order valence-corrected chi connectivity index (χ2v) is 2.07. The maximum Gasteiger partial charge on any atom is 0.787 e. The van der Waals surface area contributed by atoms with E-state index in [0.29, 0.717) is 0 Å². The van der Waals surface area contributed by atoms with Gasteiger partial charge in [0.25, 0.3) is 0 Å². The van der Waals surface area contributed by atoms with Crippen molar-refractivity contribution in [1.82, 2.24) is 4.98 Å². The Morgan fingerprint density at radius 1 is 1.70 bits per heavy atom. The van der Waals surface area contributed by atoms with E-state index in [9.17, 15) is 4.57 Å². The Bertz CT molecular complexity index is 227. The summed E-state index contributed by atoms with van der Waals surface area (Å²) in [5.74, 6) is 0. The van der Waals surface area contributed by atoms with Gasteiger partial charge in [-0.05, 0) is 4.62 Å². The van der Waals surface area contributed by atoms with Gasteiger partial charge in [0.2, 0.25) is 0 Å². The zero-order chi connectivity index (χ0) is 7.40. The molecule has 1 heterocycles. The lowest BCUT2D eigenvalue weighted by atomic mass is 10.7. The van der Waals surface area contributed by atoms with Crippen LogP contribution in [-0.4, -0.2) is 9.88 Å². The molecular formula is C4H5N2O3P+2. The van der Waals surface area contributed by atoms with Gasteiger partial charge in [-0.3, -0.25) is 0 Å². The molecule has 10 heavy (non-hydrogen) atoms. The first-order valence-corrected chi connectivity index (χ1v) is 3.58. The van der Waals surface area contributed by atoms with Crippen LogP contribution in [0.3, 0.4) is 0 Å². The highest BCUT2D eigenvalue weighted by molar-refractivity contribution is 7.32. The van der Waals surface area contributed by atoms with Gasteiger partial charge in [-0.2, -0.15) is 0 Å². The molecule has 6 heteroatoms. The van der Waals surface area contributed by atoms with Crippen LogP contribution >= 0.6 is 8.25 Å². The monoisotopic (exact) mass is 160 g/mol. The minimum atomic E-state index is -2.60. The number of rotatable bonds is 2. The second-order valence-electron chi connectivity index (χ2n) is 1.43. The maximum atomic E-state index is 10.0. The van der Waals surface area contributed by atoms with Crippen molar-refractivity contribution in [2.45, 2.75) is 0 Å². The molecule has 0 spiro atoms. The van der Waals surface area contributed by atoms with Crippen molar-refractivity contribution in [2.75, 3.05) is 0 Å². The van der Waals surface area contributed by atoms with Crippen LogP contribution in [0, 0.1) is 0 Å². The lowest BCUT2D eigenvalue weighted by Gasteiger charge is -1.79. The molecule has 0 saturated heterocycles. The molecule has 1 aromatic rings. The molecule has 0 amide bonds. The van der Waals surface area contributed by atoms with Crippen LogP contribution in [0.1, 0.15) is 0 Å². The molecule has 0 radical (unpaired) electrons. The van der Waals surface area contributed by atoms with Gasteiger partial charge in [0, 0.05) is 15.4 Å². The SMILES string of the molecule is O=[P+](O)O[n+]1cccnc1. The van der Waals surface area contributed by atoms with Crippen molar-refractivity contribution >= 4 is 8.25 Å². The third kappa shape index (κ3) is 2.05. The van der Waals surface area contributed by atoms with E-state index in [1.807, 2.05) is 0 Å². The molecular weight excluding hydrogens is 155 g/mol. The highest BCUT2D eigenvalue weighted by atomic mass is 31.1. The van der Waals surface area contributed by atoms with Gasteiger partial charge in [-0.25, -0.2) is 0 Å². The normalized spacial score (nSPS) is 10.7. The first-order valence-electron chi connectivity index (χ1n) is 2.45. The Labute approximate surface area is 57.8 Å². The van der Waals surface area contributed by atoms with E-state index in [1.54, 1.807) is 6.07 Å². The molecule has 0 bridgehead atoms. The Morgan fingerprint density at radius 3 is 3.00 bits per heavy atom. The van der Waals surface area contributed by atoms with E-state index in [2.05, 4.69) is 9.61 Å². The fourth-order valence-corrected chi connectivity index (χ4v) is 0.703. The third-order valence-corrected chi connectivity index (χ3v) is 1.08. The molecule has 1 atom stereocenters. The summed E-state index contributed by atoms with van der Waals surface area (Å²) < 4.78 is 15.4. The third-order valence-electron chi connectivity index (χ3n) is 0.750. The van der Waals surface area contributed by atoms with Crippen molar-refractivity contribution in [3.63, 3.8) is 0 Å². The van der Waals surface area contributed by atoms with Crippen molar-refractivity contribution in [3.8, 4) is 0 Å². The summed E-state index contributed by atoms with van der Waals surface area (Å²) in [6.45, 7) is 0. The summed E-state index contributed by atoms with van der Waals surface area (Å²) >= 11 is 0. The quantitative estimate of drug-likeness (QED) is 0.465. The summed E-state index contributed by atoms with van der Waals surface area (Å²) in [4.78, 5) is 11.9. The van der Waals surface area contributed by atoms with Gasteiger partial charge in [0.1, 0.15) is 12.4 Å². The number of hydrogen-bond acceptors (Lipinski definition) is 3. The summed E-state index contributed by atoms with van der Waals surface area (Å²) in [6.07, 6.45) is 4.28. The lowest BCUT2D eigenvalue weighted by molar-refractivity contribution is -0.860. The van der Waals surface area contributed by atoms with E-state index >= 15 is 0 Å². The Balaban J connectivity index is 2.67. The molecule has 0 saturated carbocycles. The smallest absolute Gasteiger partial charge is 0.123 e. The zero-order valence-electron chi connectivity index (χ0n) is 4.91. The van der Waals surface area contributed by atoms with Crippen molar-refractivity contribution in [2.24, 2.45) is 0 Å². The van der Waals surface area contributed by atoms with Crippen LogP contribution < -0.4 is 9.35 Å². The average molecular weight is 160 g/mol. The first kappa shape index (κ1) is 7.05. The van der Waals surface area contributed by atoms with Crippen LogP contribution in [0.25, 0.3) is 0 Å². The summed E-state index contributed by atoms with van der Waals surface area (Å²) in [7, 11) is -2.60. The highest BCUT2D eigenvalue weighted by Gasteiger charge is 2.17. The largest absolute Gasteiger partial charge is 0.787 e. The van der Waals surface area contributed by atoms with E-state index in [-0.39, 0.29) is 0 Å². The van der Waals surface area contributed by atoms with E-state index in [1.165, 1.54) is 18.7 Å². The molecule has 52 valence electrons. The maximum absolute atomic E-state index is 10.0. The van der Waals surface area contributed by atoms with Gasteiger partial charge in [0.15, 0.2) is 0 Å². The number of nitrogens with zero attached hydrogens (tertiary/aromatic N) is 2. The van der Waals surface area contributed by atoms with Crippen LogP contribution in [0.5, 0.6) is 0 Å². The summed E-state index contributed by atoms with van der Waals surface area (Å²) in [5, 5.41) is 0. The van der Waals surface area contributed by atoms with Gasteiger partial charge in [0.05, 0.1) is 0 Å². The molecule has 1 N–H and O–H groups in total. The Morgan fingerprint density at radius 2 is 2.50 bits per heavy atom. The molecule has 1 unspecified atom stereocenters. The average Bonchev–Trinajstić information content (AvgIpc) is 1.88. The summed E-state index contributed by atoms with van der Waals surface area (Å²) in [5.41, 5.74) is 0. The lowest BCUT2D eigenvalue weighted by Crippen LogP contribution is -2.38. The molecule has 1 rings (SSSR count). The Hall–Kier alpha value is -1.06. The van der Waals surface area contributed by atoms with E-state index < -0.39 is 8.25 Å². The second kappa shape index (κ2) is 3.20. The predicted octanol–water partition coefficient (Wildman–Crippen LogP) is -0.553. The minimum absolute atomic E-state index is 1.05. The number of aromatic nitrogens is 2. The zero-order valence-corrected chi connectivity index (χ0v) is 5.81. The van der Waals surface area contributed by atoms with Crippen molar-refractivity contribution < 1.29 is 18.8 Å². The fraction of sp³-hybridized carbons (Fsp3) is 0. The molecule has 0 aromatic carbocycles. The molecule has 0 aliphatic heterocycles. The molecule has 5 nitrogen and oxygen atoms in total. The Kier molecular flexibility index (Phi) is 2.25. The molecule has 0 aliphatic rings. The standard InChI is InChI=1S/C4H4N2O3P/c7-10(8)9-6-3-1-2-5-4-6/h1-4H/q+1/p+1. The highest BCUT2D eigenvalue weighted by Crippen LogP contribution is 2.03. The van der Waals surface area contributed by atoms with Gasteiger partial charge in [-0.15, -0.1) is 4.89 Å². The van der Waals surface area contributed by atoms with E-state index in [4.69, 9.17) is 4.89 Å². The van der Waals surface area contributed by atoms with Gasteiger partial charge in [-0.1, -0.05) is 4.98 Å².